The molecule has 1 aromatic heterocycles. The van der Waals surface area contributed by atoms with Crippen molar-refractivity contribution in [3.63, 3.8) is 0 Å². The van der Waals surface area contributed by atoms with Crippen LogP contribution in [0.2, 0.25) is 5.02 Å². The second-order valence-electron chi connectivity index (χ2n) is 3.37. The standard InChI is InChI=1S/C10H9ClN2O2S/c1-13-8-4-3-6(11)5-7(8)9(14)10(12-13)16(2)15/h3-5H,1-2H3. The number of rotatable bonds is 1. The van der Waals surface area contributed by atoms with Crippen LogP contribution in [-0.2, 0) is 18.2 Å². The van der Waals surface area contributed by atoms with Gasteiger partial charge in [0.05, 0.1) is 10.9 Å². The minimum absolute atomic E-state index is 0.0530. The first-order valence-corrected chi connectivity index (χ1v) is 6.44. The van der Waals surface area contributed by atoms with E-state index < -0.39 is 11.2 Å². The topological polar surface area (TPSA) is 57.9 Å². The van der Waals surface area contributed by atoms with E-state index in [1.807, 2.05) is 0 Å². The van der Waals surface area contributed by atoms with Gasteiger partial charge in [-0.2, -0.15) is 0 Å². The second kappa shape index (κ2) is 4.08. The van der Waals surface area contributed by atoms with E-state index in [-0.39, 0.29) is 10.5 Å². The van der Waals surface area contributed by atoms with E-state index in [1.165, 1.54) is 10.9 Å². The zero-order chi connectivity index (χ0) is 11.9. The maximum Gasteiger partial charge on any atom is 0.309 e. The number of aromatic nitrogens is 2. The van der Waals surface area contributed by atoms with E-state index in [4.69, 9.17) is 11.6 Å². The molecule has 0 radical (unpaired) electrons. The Morgan fingerprint density at radius 2 is 2.19 bits per heavy atom. The zero-order valence-corrected chi connectivity index (χ0v) is 10.3. The van der Waals surface area contributed by atoms with Gasteiger partial charge in [-0.15, -0.1) is 5.10 Å². The molecule has 0 spiro atoms. The number of fused-ring (bicyclic) bond motifs is 1. The third-order valence-corrected chi connectivity index (χ3v) is 3.31. The minimum Gasteiger partial charge on any atom is -0.610 e. The SMILES string of the molecule is Cn1nc([S+](C)[O-])c(=O)c2cc(Cl)ccc21. The lowest BCUT2D eigenvalue weighted by atomic mass is 10.2. The molecule has 0 amide bonds. The molecule has 6 heteroatoms. The molecule has 0 bridgehead atoms. The van der Waals surface area contributed by atoms with Gasteiger partial charge in [0, 0.05) is 23.2 Å². The first-order chi connectivity index (χ1) is 7.50. The molecule has 16 heavy (non-hydrogen) atoms. The van der Waals surface area contributed by atoms with Crippen LogP contribution in [0, 0.1) is 0 Å². The van der Waals surface area contributed by atoms with Crippen LogP contribution in [0.1, 0.15) is 0 Å². The Labute approximate surface area is 100 Å². The molecule has 1 aromatic carbocycles. The molecule has 1 heterocycles. The fourth-order valence-electron chi connectivity index (χ4n) is 1.51. The third kappa shape index (κ3) is 1.81. The van der Waals surface area contributed by atoms with Gasteiger partial charge in [-0.25, -0.2) is 0 Å². The largest absolute Gasteiger partial charge is 0.610 e. The van der Waals surface area contributed by atoms with Crippen LogP contribution >= 0.6 is 11.6 Å². The zero-order valence-electron chi connectivity index (χ0n) is 8.73. The van der Waals surface area contributed by atoms with Crippen molar-refractivity contribution >= 4 is 33.7 Å². The molecule has 84 valence electrons. The molecular weight excluding hydrogens is 248 g/mol. The molecule has 0 aliphatic carbocycles. The molecule has 2 rings (SSSR count). The van der Waals surface area contributed by atoms with E-state index in [2.05, 4.69) is 5.10 Å². The molecular formula is C10H9ClN2O2S. The summed E-state index contributed by atoms with van der Waals surface area (Å²) in [5.41, 5.74) is 0.347. The van der Waals surface area contributed by atoms with E-state index in [0.717, 1.165) is 0 Å². The number of halogens is 1. The molecule has 0 N–H and O–H groups in total. The normalized spacial score (nSPS) is 13.0. The van der Waals surface area contributed by atoms with Crippen molar-refractivity contribution in [2.75, 3.05) is 6.26 Å². The number of nitrogens with zero attached hydrogens (tertiary/aromatic N) is 2. The Balaban J connectivity index is 2.92. The predicted molar refractivity (Wildman–Crippen MR) is 64.3 cm³/mol. The van der Waals surface area contributed by atoms with Gasteiger partial charge >= 0.3 is 5.03 Å². The van der Waals surface area contributed by atoms with E-state index in [9.17, 15) is 9.35 Å². The first-order valence-electron chi connectivity index (χ1n) is 4.50. The summed E-state index contributed by atoms with van der Waals surface area (Å²) in [4.78, 5) is 11.9. The quantitative estimate of drug-likeness (QED) is 0.723. The summed E-state index contributed by atoms with van der Waals surface area (Å²) in [5, 5.41) is 4.96. The Morgan fingerprint density at radius 3 is 2.81 bits per heavy atom. The summed E-state index contributed by atoms with van der Waals surface area (Å²) in [5.74, 6) is 0. The van der Waals surface area contributed by atoms with E-state index in [1.54, 1.807) is 25.2 Å². The molecule has 0 aliphatic heterocycles. The molecule has 4 nitrogen and oxygen atoms in total. The molecule has 0 fully saturated rings. The maximum atomic E-state index is 11.9. The Bertz CT molecular complexity index is 610. The lowest BCUT2D eigenvalue weighted by molar-refractivity contribution is 0.588. The highest BCUT2D eigenvalue weighted by molar-refractivity contribution is 7.90. The van der Waals surface area contributed by atoms with Crippen molar-refractivity contribution in [3.8, 4) is 0 Å². The van der Waals surface area contributed by atoms with Gasteiger partial charge in [0.15, 0.2) is 0 Å². The van der Waals surface area contributed by atoms with Crippen LogP contribution in [0.15, 0.2) is 28.0 Å². The molecule has 1 unspecified atom stereocenters. The Morgan fingerprint density at radius 1 is 1.50 bits per heavy atom. The molecule has 1 atom stereocenters. The third-order valence-electron chi connectivity index (χ3n) is 2.26. The summed E-state index contributed by atoms with van der Waals surface area (Å²) in [6.07, 6.45) is 1.43. The van der Waals surface area contributed by atoms with Gasteiger partial charge in [-0.3, -0.25) is 9.48 Å². The van der Waals surface area contributed by atoms with Crippen molar-refractivity contribution < 1.29 is 4.55 Å². The summed E-state index contributed by atoms with van der Waals surface area (Å²) in [6, 6.07) is 4.97. The van der Waals surface area contributed by atoms with Crippen molar-refractivity contribution in [2.45, 2.75) is 5.03 Å². The second-order valence-corrected chi connectivity index (χ2v) is 5.10. The average Bonchev–Trinajstić information content (AvgIpc) is 2.22. The lowest BCUT2D eigenvalue weighted by Gasteiger charge is -2.07. The van der Waals surface area contributed by atoms with Crippen LogP contribution in [0.4, 0.5) is 0 Å². The highest BCUT2D eigenvalue weighted by Gasteiger charge is 2.16. The minimum atomic E-state index is -1.40. The molecule has 2 aromatic rings. The fourth-order valence-corrected chi connectivity index (χ4v) is 2.29. The van der Waals surface area contributed by atoms with Crippen molar-refractivity contribution in [1.82, 2.24) is 9.78 Å². The smallest absolute Gasteiger partial charge is 0.309 e. The van der Waals surface area contributed by atoms with Crippen LogP contribution in [0.25, 0.3) is 10.9 Å². The molecule has 0 saturated carbocycles. The monoisotopic (exact) mass is 256 g/mol. The first kappa shape index (κ1) is 11.4. The van der Waals surface area contributed by atoms with Crippen LogP contribution in [-0.4, -0.2) is 20.6 Å². The predicted octanol–water partition coefficient (Wildman–Crippen LogP) is 1.32. The average molecular weight is 257 g/mol. The summed E-state index contributed by atoms with van der Waals surface area (Å²) < 4.78 is 12.9. The highest BCUT2D eigenvalue weighted by Crippen LogP contribution is 2.16. The van der Waals surface area contributed by atoms with Gasteiger partial charge in [0.1, 0.15) is 6.26 Å². The van der Waals surface area contributed by atoms with Gasteiger partial charge in [-0.05, 0) is 18.2 Å². The summed E-state index contributed by atoms with van der Waals surface area (Å²) in [7, 11) is 1.70. The van der Waals surface area contributed by atoms with Crippen molar-refractivity contribution in [2.24, 2.45) is 7.05 Å². The van der Waals surface area contributed by atoms with E-state index in [0.29, 0.717) is 15.9 Å². The van der Waals surface area contributed by atoms with Crippen molar-refractivity contribution in [3.05, 3.63) is 33.4 Å². The number of aryl methyl sites for hydroxylation is 1. The Kier molecular flexibility index (Phi) is 2.92. The van der Waals surface area contributed by atoms with E-state index >= 15 is 0 Å². The summed E-state index contributed by atoms with van der Waals surface area (Å²) >= 11 is 4.43. The number of benzene rings is 1. The lowest BCUT2D eigenvalue weighted by Crippen LogP contribution is -2.20. The van der Waals surface area contributed by atoms with Crippen molar-refractivity contribution in [1.29, 1.82) is 0 Å². The van der Waals surface area contributed by atoms with Crippen LogP contribution in [0.5, 0.6) is 0 Å². The molecule has 0 saturated heterocycles. The fraction of sp³-hybridized carbons (Fsp3) is 0.200. The van der Waals surface area contributed by atoms with Gasteiger partial charge < -0.3 is 4.55 Å². The van der Waals surface area contributed by atoms with Crippen LogP contribution in [0.3, 0.4) is 0 Å². The van der Waals surface area contributed by atoms with Gasteiger partial charge in [-0.1, -0.05) is 11.6 Å². The van der Waals surface area contributed by atoms with Gasteiger partial charge in [0.2, 0.25) is 0 Å². The number of hydrogen-bond donors (Lipinski definition) is 0. The number of hydrogen-bond acceptors (Lipinski definition) is 3. The molecule has 0 aliphatic rings. The maximum absolute atomic E-state index is 11.9. The highest BCUT2D eigenvalue weighted by atomic mass is 35.5. The summed E-state index contributed by atoms with van der Waals surface area (Å²) in [6.45, 7) is 0. The van der Waals surface area contributed by atoms with Gasteiger partial charge in [0.25, 0.3) is 5.43 Å². The Hall–Kier alpha value is -1.04. The van der Waals surface area contributed by atoms with Crippen LogP contribution < -0.4 is 5.43 Å².